The van der Waals surface area contributed by atoms with Crippen LogP contribution in [-0.4, -0.2) is 19.1 Å². The van der Waals surface area contributed by atoms with Crippen LogP contribution < -0.4 is 10.2 Å². The number of anilines is 1. The average molecular weight is 220 g/mol. The summed E-state index contributed by atoms with van der Waals surface area (Å²) in [5.41, 5.74) is 1.68. The minimum absolute atomic E-state index is 0.363. The Morgan fingerprint density at radius 1 is 1.53 bits per heavy atom. The van der Waals surface area contributed by atoms with Crippen molar-refractivity contribution >= 4 is 17.4 Å². The van der Waals surface area contributed by atoms with Crippen LogP contribution in [0.25, 0.3) is 0 Å². The van der Waals surface area contributed by atoms with Gasteiger partial charge in [0.15, 0.2) is 0 Å². The van der Waals surface area contributed by atoms with E-state index < -0.39 is 0 Å². The Balaban J connectivity index is 2.00. The van der Waals surface area contributed by atoms with Crippen LogP contribution in [0.2, 0.25) is 0 Å². The minimum atomic E-state index is 0.363. The fourth-order valence-electron chi connectivity index (χ4n) is 1.66. The highest BCUT2D eigenvalue weighted by atomic mass is 32.2. The molecule has 1 aromatic carbocycles. The van der Waals surface area contributed by atoms with E-state index in [4.69, 9.17) is 0 Å². The molecule has 0 aromatic heterocycles. The first-order valence-electron chi connectivity index (χ1n) is 5.15. The van der Waals surface area contributed by atoms with Crippen molar-refractivity contribution in [2.24, 2.45) is 0 Å². The maximum atomic E-state index is 3.72. The standard InChI is InChI=1S/C12H16N2S/c1-3-4-9-13-12-14(2)10-7-5-6-8-11(10)15-12/h3,5-8,12-13H,1,4,9H2,2H3. The second-order valence-electron chi connectivity index (χ2n) is 3.58. The number of nitrogens with zero attached hydrogens (tertiary/aromatic N) is 1. The van der Waals surface area contributed by atoms with Crippen molar-refractivity contribution in [3.63, 3.8) is 0 Å². The van der Waals surface area contributed by atoms with Gasteiger partial charge in [-0.05, 0) is 18.6 Å². The topological polar surface area (TPSA) is 15.3 Å². The quantitative estimate of drug-likeness (QED) is 0.620. The third-order valence-corrected chi connectivity index (χ3v) is 3.81. The Bertz CT molecular complexity index is 351. The summed E-state index contributed by atoms with van der Waals surface area (Å²) in [4.78, 5) is 3.64. The van der Waals surface area contributed by atoms with E-state index in [9.17, 15) is 0 Å². The number of para-hydroxylation sites is 1. The van der Waals surface area contributed by atoms with Crippen LogP contribution in [0.5, 0.6) is 0 Å². The van der Waals surface area contributed by atoms with Crippen molar-refractivity contribution in [1.29, 1.82) is 0 Å². The van der Waals surface area contributed by atoms with Crippen molar-refractivity contribution < 1.29 is 0 Å². The lowest BCUT2D eigenvalue weighted by Crippen LogP contribution is -2.38. The Morgan fingerprint density at radius 3 is 3.07 bits per heavy atom. The van der Waals surface area contributed by atoms with E-state index in [-0.39, 0.29) is 0 Å². The lowest BCUT2D eigenvalue weighted by molar-refractivity contribution is 0.649. The second-order valence-corrected chi connectivity index (χ2v) is 4.70. The minimum Gasteiger partial charge on any atom is -0.349 e. The number of fused-ring (bicyclic) bond motifs is 1. The summed E-state index contributed by atoms with van der Waals surface area (Å²) < 4.78 is 0. The third-order valence-electron chi connectivity index (χ3n) is 2.50. The fourth-order valence-corrected chi connectivity index (χ4v) is 2.86. The van der Waals surface area contributed by atoms with E-state index >= 15 is 0 Å². The monoisotopic (exact) mass is 220 g/mol. The van der Waals surface area contributed by atoms with E-state index in [0.717, 1.165) is 13.0 Å². The van der Waals surface area contributed by atoms with Gasteiger partial charge in [0.25, 0.3) is 0 Å². The van der Waals surface area contributed by atoms with Crippen LogP contribution >= 0.6 is 11.8 Å². The van der Waals surface area contributed by atoms with Crippen molar-refractivity contribution in [3.05, 3.63) is 36.9 Å². The van der Waals surface area contributed by atoms with Crippen LogP contribution in [0.4, 0.5) is 5.69 Å². The van der Waals surface area contributed by atoms with Crippen LogP contribution in [0.1, 0.15) is 6.42 Å². The molecule has 80 valence electrons. The van der Waals surface area contributed by atoms with Gasteiger partial charge in [-0.2, -0.15) is 0 Å². The first-order chi connectivity index (χ1) is 7.33. The van der Waals surface area contributed by atoms with Crippen molar-refractivity contribution in [2.45, 2.75) is 16.8 Å². The summed E-state index contributed by atoms with van der Waals surface area (Å²) in [7, 11) is 2.13. The van der Waals surface area contributed by atoms with Gasteiger partial charge in [0, 0.05) is 18.5 Å². The summed E-state index contributed by atoms with van der Waals surface area (Å²) >= 11 is 1.88. The zero-order chi connectivity index (χ0) is 10.7. The molecule has 0 aliphatic carbocycles. The van der Waals surface area contributed by atoms with Crippen molar-refractivity contribution in [1.82, 2.24) is 5.32 Å². The van der Waals surface area contributed by atoms with Gasteiger partial charge in [0.05, 0.1) is 5.69 Å². The molecule has 1 aliphatic rings. The largest absolute Gasteiger partial charge is 0.349 e. The molecule has 1 aliphatic heterocycles. The fraction of sp³-hybridized carbons (Fsp3) is 0.333. The molecule has 3 heteroatoms. The van der Waals surface area contributed by atoms with Crippen LogP contribution in [0.3, 0.4) is 0 Å². The predicted molar refractivity (Wildman–Crippen MR) is 67.3 cm³/mol. The Morgan fingerprint density at radius 2 is 2.33 bits per heavy atom. The number of thioether (sulfide) groups is 1. The molecule has 2 rings (SSSR count). The summed E-state index contributed by atoms with van der Waals surface area (Å²) in [6, 6.07) is 8.51. The molecule has 1 aromatic rings. The molecule has 1 N–H and O–H groups in total. The maximum absolute atomic E-state index is 3.72. The van der Waals surface area contributed by atoms with Crippen molar-refractivity contribution in [3.8, 4) is 0 Å². The van der Waals surface area contributed by atoms with Crippen LogP contribution in [0.15, 0.2) is 41.8 Å². The Kier molecular flexibility index (Phi) is 3.34. The van der Waals surface area contributed by atoms with Gasteiger partial charge in [0.1, 0.15) is 5.50 Å². The van der Waals surface area contributed by atoms with Gasteiger partial charge >= 0.3 is 0 Å². The molecule has 0 amide bonds. The predicted octanol–water partition coefficient (Wildman–Crippen LogP) is 2.68. The molecular weight excluding hydrogens is 204 g/mol. The Hall–Kier alpha value is -0.930. The molecule has 1 heterocycles. The zero-order valence-electron chi connectivity index (χ0n) is 8.94. The van der Waals surface area contributed by atoms with E-state index in [1.807, 2.05) is 17.8 Å². The van der Waals surface area contributed by atoms with Crippen LogP contribution in [0, 0.1) is 0 Å². The second kappa shape index (κ2) is 4.73. The molecule has 0 fully saturated rings. The van der Waals surface area contributed by atoms with Gasteiger partial charge in [-0.15, -0.1) is 6.58 Å². The number of benzene rings is 1. The SMILES string of the molecule is C=CCCNC1Sc2ccccc2N1C. The zero-order valence-corrected chi connectivity index (χ0v) is 9.76. The highest BCUT2D eigenvalue weighted by molar-refractivity contribution is 8.00. The lowest BCUT2D eigenvalue weighted by atomic mass is 10.3. The van der Waals surface area contributed by atoms with E-state index in [1.165, 1.54) is 10.6 Å². The normalized spacial score (nSPS) is 19.0. The molecule has 0 saturated carbocycles. The first-order valence-corrected chi connectivity index (χ1v) is 6.03. The van der Waals surface area contributed by atoms with Crippen LogP contribution in [-0.2, 0) is 0 Å². The summed E-state index contributed by atoms with van der Waals surface area (Å²) in [6.07, 6.45) is 2.96. The van der Waals surface area contributed by atoms with Crippen molar-refractivity contribution in [2.75, 3.05) is 18.5 Å². The molecule has 0 saturated heterocycles. The number of hydrogen-bond donors (Lipinski definition) is 1. The Labute approximate surface area is 95.4 Å². The maximum Gasteiger partial charge on any atom is 0.132 e. The van der Waals surface area contributed by atoms with E-state index in [1.54, 1.807) is 0 Å². The van der Waals surface area contributed by atoms with Gasteiger partial charge in [-0.3, -0.25) is 5.32 Å². The average Bonchev–Trinajstić information content (AvgIpc) is 2.57. The molecule has 0 spiro atoms. The van der Waals surface area contributed by atoms with Gasteiger partial charge < -0.3 is 4.90 Å². The summed E-state index contributed by atoms with van der Waals surface area (Å²) in [5, 5.41) is 3.50. The van der Waals surface area contributed by atoms with Gasteiger partial charge in [0.2, 0.25) is 0 Å². The third kappa shape index (κ3) is 2.19. The molecule has 15 heavy (non-hydrogen) atoms. The molecule has 0 bridgehead atoms. The first kappa shape index (κ1) is 10.6. The van der Waals surface area contributed by atoms with E-state index in [0.29, 0.717) is 5.50 Å². The molecule has 2 nitrogen and oxygen atoms in total. The van der Waals surface area contributed by atoms with Gasteiger partial charge in [-0.1, -0.05) is 30.0 Å². The summed E-state index contributed by atoms with van der Waals surface area (Å²) in [5.74, 6) is 0. The highest BCUT2D eigenvalue weighted by Gasteiger charge is 2.25. The summed E-state index contributed by atoms with van der Waals surface area (Å²) in [6.45, 7) is 4.71. The van der Waals surface area contributed by atoms with E-state index in [2.05, 4.69) is 48.1 Å². The number of rotatable bonds is 4. The smallest absolute Gasteiger partial charge is 0.132 e. The number of nitrogens with one attached hydrogen (secondary N) is 1. The molecule has 0 radical (unpaired) electrons. The number of hydrogen-bond acceptors (Lipinski definition) is 3. The highest BCUT2D eigenvalue weighted by Crippen LogP contribution is 2.40. The molecule has 1 unspecified atom stereocenters. The molecule has 1 atom stereocenters. The molecular formula is C12H16N2S. The lowest BCUT2D eigenvalue weighted by Gasteiger charge is -2.22. The van der Waals surface area contributed by atoms with Gasteiger partial charge in [-0.25, -0.2) is 0 Å².